The van der Waals surface area contributed by atoms with Crippen molar-refractivity contribution in [3.8, 4) is 0 Å². The van der Waals surface area contributed by atoms with Gasteiger partial charge in [-0.1, -0.05) is 18.6 Å². The largest absolute Gasteiger partial charge is 0.481 e. The normalized spacial score (nSPS) is 13.1. The number of carboxylic acids is 1. The maximum Gasteiger partial charge on any atom is 0.303 e. The van der Waals surface area contributed by atoms with Gasteiger partial charge in [0, 0.05) is 16.9 Å². The lowest BCUT2D eigenvalue weighted by Crippen LogP contribution is -2.32. The zero-order valence-electron chi connectivity index (χ0n) is 12.1. The van der Waals surface area contributed by atoms with Gasteiger partial charge < -0.3 is 5.11 Å². The van der Waals surface area contributed by atoms with E-state index in [1.807, 2.05) is 13.0 Å². The van der Waals surface area contributed by atoms with E-state index < -0.39 is 16.0 Å². The first-order valence-electron chi connectivity index (χ1n) is 6.73. The Balaban J connectivity index is 2.63. The Morgan fingerprint density at radius 2 is 2.05 bits per heavy atom. The van der Waals surface area contributed by atoms with Crippen LogP contribution in [0, 0.1) is 6.92 Å². The first kappa shape index (κ1) is 18.1. The van der Waals surface area contributed by atoms with E-state index in [2.05, 4.69) is 20.7 Å². The third-order valence-corrected chi connectivity index (χ3v) is 6.03. The second kappa shape index (κ2) is 7.91. The second-order valence-electron chi connectivity index (χ2n) is 5.05. The molecule has 0 saturated carbocycles. The fourth-order valence-corrected chi connectivity index (χ4v) is 4.27. The number of carbonyl (C=O) groups is 1. The van der Waals surface area contributed by atoms with Gasteiger partial charge in [-0.15, -0.1) is 0 Å². The highest BCUT2D eigenvalue weighted by Crippen LogP contribution is 2.25. The van der Waals surface area contributed by atoms with E-state index in [4.69, 9.17) is 5.11 Å². The molecule has 0 bridgehead atoms. The van der Waals surface area contributed by atoms with Crippen molar-refractivity contribution in [3.63, 3.8) is 0 Å². The third kappa shape index (κ3) is 5.76. The third-order valence-electron chi connectivity index (χ3n) is 3.08. The zero-order chi connectivity index (χ0) is 16.0. The molecular weight excluding hydrogens is 358 g/mol. The average Bonchev–Trinajstić information content (AvgIpc) is 2.37. The molecule has 0 aliphatic carbocycles. The van der Waals surface area contributed by atoms with Gasteiger partial charge in [0.15, 0.2) is 0 Å². The van der Waals surface area contributed by atoms with Crippen molar-refractivity contribution in [2.24, 2.45) is 0 Å². The lowest BCUT2D eigenvalue weighted by atomic mass is 10.1. The Morgan fingerprint density at radius 3 is 2.67 bits per heavy atom. The van der Waals surface area contributed by atoms with Crippen LogP contribution in [0.1, 0.15) is 38.2 Å². The Kier molecular flexibility index (Phi) is 6.83. The van der Waals surface area contributed by atoms with Gasteiger partial charge >= 0.3 is 5.97 Å². The van der Waals surface area contributed by atoms with E-state index in [-0.39, 0.29) is 17.4 Å². The van der Waals surface area contributed by atoms with Crippen LogP contribution in [-0.4, -0.2) is 25.5 Å². The van der Waals surface area contributed by atoms with Crippen molar-refractivity contribution < 1.29 is 18.3 Å². The fourth-order valence-electron chi connectivity index (χ4n) is 1.94. The van der Waals surface area contributed by atoms with Crippen molar-refractivity contribution in [3.05, 3.63) is 28.2 Å². The van der Waals surface area contributed by atoms with Crippen LogP contribution >= 0.6 is 15.9 Å². The van der Waals surface area contributed by atoms with Crippen LogP contribution in [0.3, 0.4) is 0 Å². The van der Waals surface area contributed by atoms with Gasteiger partial charge in [-0.05, 0) is 54.2 Å². The van der Waals surface area contributed by atoms with E-state index in [1.54, 1.807) is 19.1 Å². The standard InChI is InChI=1S/C14H20BrNO4S/c1-10-6-5-8-12(14(10)15)21(19,20)16-11(2)7-3-4-9-13(17)18/h5-6,8,11,16H,3-4,7,9H2,1-2H3,(H,17,18). The molecule has 0 saturated heterocycles. The Bertz CT molecular complexity index is 601. The topological polar surface area (TPSA) is 83.5 Å². The molecule has 0 radical (unpaired) electrons. The van der Waals surface area contributed by atoms with Crippen molar-refractivity contribution in [2.45, 2.75) is 50.5 Å². The molecule has 0 aliphatic heterocycles. The molecule has 0 fully saturated rings. The molecule has 1 atom stereocenters. The lowest BCUT2D eigenvalue weighted by Gasteiger charge is -2.15. The number of aryl methyl sites for hydroxylation is 1. The quantitative estimate of drug-likeness (QED) is 0.681. The molecule has 1 unspecified atom stereocenters. The number of nitrogens with one attached hydrogen (secondary N) is 1. The van der Waals surface area contributed by atoms with Gasteiger partial charge in [-0.25, -0.2) is 13.1 Å². The minimum Gasteiger partial charge on any atom is -0.481 e. The molecular formula is C14H20BrNO4S. The van der Waals surface area contributed by atoms with E-state index in [0.29, 0.717) is 23.7 Å². The summed E-state index contributed by atoms with van der Waals surface area (Å²) in [5.74, 6) is -0.827. The van der Waals surface area contributed by atoms with Crippen molar-refractivity contribution in [1.29, 1.82) is 0 Å². The van der Waals surface area contributed by atoms with Gasteiger partial charge in [0.1, 0.15) is 0 Å². The Labute approximate surface area is 133 Å². The molecule has 0 heterocycles. The predicted molar refractivity (Wildman–Crippen MR) is 84.8 cm³/mol. The minimum absolute atomic E-state index is 0.114. The first-order chi connectivity index (χ1) is 9.74. The number of sulfonamides is 1. The van der Waals surface area contributed by atoms with Crippen LogP contribution < -0.4 is 4.72 Å². The highest BCUT2D eigenvalue weighted by atomic mass is 79.9. The lowest BCUT2D eigenvalue weighted by molar-refractivity contribution is -0.137. The maximum atomic E-state index is 12.3. The van der Waals surface area contributed by atoms with Crippen LogP contribution in [0.25, 0.3) is 0 Å². The van der Waals surface area contributed by atoms with Crippen LogP contribution in [0.2, 0.25) is 0 Å². The molecule has 0 aromatic heterocycles. The van der Waals surface area contributed by atoms with E-state index in [0.717, 1.165) is 5.56 Å². The van der Waals surface area contributed by atoms with Crippen LogP contribution in [0.5, 0.6) is 0 Å². The summed E-state index contributed by atoms with van der Waals surface area (Å²) in [6, 6.07) is 4.84. The van der Waals surface area contributed by atoms with Crippen molar-refractivity contribution >= 4 is 31.9 Å². The van der Waals surface area contributed by atoms with E-state index >= 15 is 0 Å². The molecule has 0 aliphatic rings. The van der Waals surface area contributed by atoms with Gasteiger partial charge in [0.25, 0.3) is 0 Å². The molecule has 118 valence electrons. The number of hydrogen-bond acceptors (Lipinski definition) is 3. The summed E-state index contributed by atoms with van der Waals surface area (Å²) < 4.78 is 27.8. The monoisotopic (exact) mass is 377 g/mol. The van der Waals surface area contributed by atoms with Crippen molar-refractivity contribution in [2.75, 3.05) is 0 Å². The highest BCUT2D eigenvalue weighted by Gasteiger charge is 2.20. The molecule has 1 aromatic carbocycles. The Morgan fingerprint density at radius 1 is 1.38 bits per heavy atom. The van der Waals surface area contributed by atoms with E-state index in [1.165, 1.54) is 0 Å². The molecule has 0 amide bonds. The summed E-state index contributed by atoms with van der Waals surface area (Å²) in [6.07, 6.45) is 1.94. The molecule has 5 nitrogen and oxygen atoms in total. The number of rotatable bonds is 8. The minimum atomic E-state index is -3.58. The molecule has 7 heteroatoms. The van der Waals surface area contributed by atoms with Gasteiger partial charge in [-0.2, -0.15) is 0 Å². The summed E-state index contributed by atoms with van der Waals surface area (Å²) >= 11 is 3.30. The number of hydrogen-bond donors (Lipinski definition) is 2. The number of unbranched alkanes of at least 4 members (excludes halogenated alkanes) is 1. The predicted octanol–water partition coefficient (Wildman–Crippen LogP) is 3.07. The average molecular weight is 378 g/mol. The summed E-state index contributed by atoms with van der Waals surface area (Å²) in [6.45, 7) is 3.61. The van der Waals surface area contributed by atoms with Crippen molar-refractivity contribution in [1.82, 2.24) is 4.72 Å². The summed E-state index contributed by atoms with van der Waals surface area (Å²) in [4.78, 5) is 10.6. The number of carboxylic acid groups (broad SMARTS) is 1. The first-order valence-corrected chi connectivity index (χ1v) is 9.01. The van der Waals surface area contributed by atoms with E-state index in [9.17, 15) is 13.2 Å². The summed E-state index contributed by atoms with van der Waals surface area (Å²) in [7, 11) is -3.58. The zero-order valence-corrected chi connectivity index (χ0v) is 14.5. The molecule has 21 heavy (non-hydrogen) atoms. The van der Waals surface area contributed by atoms with Gasteiger partial charge in [0.05, 0.1) is 4.90 Å². The molecule has 1 aromatic rings. The molecule has 0 spiro atoms. The van der Waals surface area contributed by atoms with Crippen LogP contribution in [0.15, 0.2) is 27.6 Å². The summed E-state index contributed by atoms with van der Waals surface area (Å²) in [5, 5.41) is 8.55. The smallest absolute Gasteiger partial charge is 0.303 e. The highest BCUT2D eigenvalue weighted by molar-refractivity contribution is 9.10. The second-order valence-corrected chi connectivity index (χ2v) is 7.52. The molecule has 2 N–H and O–H groups in total. The van der Waals surface area contributed by atoms with Gasteiger partial charge in [0.2, 0.25) is 10.0 Å². The SMILES string of the molecule is Cc1cccc(S(=O)(=O)NC(C)CCCCC(=O)O)c1Br. The number of benzene rings is 1. The number of halogens is 1. The Hall–Kier alpha value is -0.920. The molecule has 1 rings (SSSR count). The fraction of sp³-hybridized carbons (Fsp3) is 0.500. The van der Waals surface area contributed by atoms with Crippen LogP contribution in [0.4, 0.5) is 0 Å². The summed E-state index contributed by atoms with van der Waals surface area (Å²) in [5.41, 5.74) is 0.854. The van der Waals surface area contributed by atoms with Gasteiger partial charge in [-0.3, -0.25) is 4.79 Å². The number of aliphatic carboxylic acids is 1. The maximum absolute atomic E-state index is 12.3. The van der Waals surface area contributed by atoms with Crippen LogP contribution in [-0.2, 0) is 14.8 Å².